The molecule has 0 saturated carbocycles. The highest BCUT2D eigenvalue weighted by atomic mass is 16.3. The van der Waals surface area contributed by atoms with Crippen molar-refractivity contribution in [3.05, 3.63) is 42.4 Å². The predicted molar refractivity (Wildman–Crippen MR) is 66.6 cm³/mol. The van der Waals surface area contributed by atoms with Crippen molar-refractivity contribution in [3.8, 4) is 0 Å². The SMILES string of the molecule is CC(C)n1cncc1CN[C@H](C)c1ccco1. The zero-order chi connectivity index (χ0) is 12.3. The molecule has 2 aromatic rings. The van der Waals surface area contributed by atoms with Gasteiger partial charge in [-0.15, -0.1) is 0 Å². The highest BCUT2D eigenvalue weighted by Gasteiger charge is 2.10. The molecule has 0 unspecified atom stereocenters. The first-order valence-electron chi connectivity index (χ1n) is 5.96. The fourth-order valence-electron chi connectivity index (χ4n) is 1.83. The fourth-order valence-corrected chi connectivity index (χ4v) is 1.83. The second-order valence-electron chi connectivity index (χ2n) is 4.50. The standard InChI is InChI=1S/C13H19N3O/c1-10(2)16-9-14-7-12(16)8-15-11(3)13-5-4-6-17-13/h4-7,9-11,15H,8H2,1-3H3/t11-/m1/s1. The third kappa shape index (κ3) is 2.77. The molecule has 1 atom stereocenters. The quantitative estimate of drug-likeness (QED) is 0.863. The van der Waals surface area contributed by atoms with Crippen molar-refractivity contribution in [2.45, 2.75) is 39.4 Å². The monoisotopic (exact) mass is 233 g/mol. The Kier molecular flexibility index (Phi) is 3.64. The van der Waals surface area contributed by atoms with Crippen molar-refractivity contribution in [3.63, 3.8) is 0 Å². The van der Waals surface area contributed by atoms with Crippen LogP contribution in [0.1, 0.15) is 44.3 Å². The summed E-state index contributed by atoms with van der Waals surface area (Å²) in [6.45, 7) is 7.19. The summed E-state index contributed by atoms with van der Waals surface area (Å²) in [6.07, 6.45) is 5.48. The summed E-state index contributed by atoms with van der Waals surface area (Å²) >= 11 is 0. The number of hydrogen-bond acceptors (Lipinski definition) is 3. The third-order valence-electron chi connectivity index (χ3n) is 2.86. The lowest BCUT2D eigenvalue weighted by Gasteiger charge is -2.15. The Morgan fingerprint density at radius 3 is 2.88 bits per heavy atom. The predicted octanol–water partition coefficient (Wildman–Crippen LogP) is 2.91. The van der Waals surface area contributed by atoms with Gasteiger partial charge in [0.25, 0.3) is 0 Å². The van der Waals surface area contributed by atoms with E-state index in [1.165, 1.54) is 5.69 Å². The number of imidazole rings is 1. The number of nitrogens with zero attached hydrogens (tertiary/aromatic N) is 2. The maximum absolute atomic E-state index is 5.36. The van der Waals surface area contributed by atoms with Crippen molar-refractivity contribution < 1.29 is 4.42 Å². The molecule has 2 heterocycles. The van der Waals surface area contributed by atoms with Crippen molar-refractivity contribution in [2.75, 3.05) is 0 Å². The minimum atomic E-state index is 0.209. The van der Waals surface area contributed by atoms with Gasteiger partial charge in [0.1, 0.15) is 5.76 Å². The summed E-state index contributed by atoms with van der Waals surface area (Å²) in [5, 5.41) is 3.43. The molecule has 0 aliphatic rings. The van der Waals surface area contributed by atoms with Gasteiger partial charge in [-0.1, -0.05) is 0 Å². The van der Waals surface area contributed by atoms with Crippen molar-refractivity contribution in [1.29, 1.82) is 0 Å². The van der Waals surface area contributed by atoms with E-state index in [4.69, 9.17) is 4.42 Å². The molecule has 0 aliphatic heterocycles. The highest BCUT2D eigenvalue weighted by Crippen LogP contribution is 2.14. The molecule has 0 fully saturated rings. The average molecular weight is 233 g/mol. The smallest absolute Gasteiger partial charge is 0.120 e. The van der Waals surface area contributed by atoms with Crippen molar-refractivity contribution in [1.82, 2.24) is 14.9 Å². The topological polar surface area (TPSA) is 43.0 Å². The lowest BCUT2D eigenvalue weighted by molar-refractivity contribution is 0.423. The van der Waals surface area contributed by atoms with E-state index in [-0.39, 0.29) is 6.04 Å². The molecule has 0 saturated heterocycles. The van der Waals surface area contributed by atoms with Gasteiger partial charge in [0.2, 0.25) is 0 Å². The van der Waals surface area contributed by atoms with Crippen LogP contribution in [-0.4, -0.2) is 9.55 Å². The first-order valence-corrected chi connectivity index (χ1v) is 5.96. The molecular formula is C13H19N3O. The van der Waals surface area contributed by atoms with Crippen LogP contribution in [0.3, 0.4) is 0 Å². The molecule has 17 heavy (non-hydrogen) atoms. The second-order valence-corrected chi connectivity index (χ2v) is 4.50. The van der Waals surface area contributed by atoms with E-state index >= 15 is 0 Å². The lowest BCUT2D eigenvalue weighted by Crippen LogP contribution is -2.20. The molecule has 2 rings (SSSR count). The summed E-state index contributed by atoms with van der Waals surface area (Å²) in [6, 6.07) is 4.54. The molecule has 1 N–H and O–H groups in total. The number of aromatic nitrogens is 2. The van der Waals surface area contributed by atoms with Gasteiger partial charge in [-0.2, -0.15) is 0 Å². The van der Waals surface area contributed by atoms with Crippen LogP contribution in [0, 0.1) is 0 Å². The molecule has 92 valence electrons. The fraction of sp³-hybridized carbons (Fsp3) is 0.462. The Balaban J connectivity index is 1.96. The Bertz CT molecular complexity index is 445. The van der Waals surface area contributed by atoms with Gasteiger partial charge >= 0.3 is 0 Å². The van der Waals surface area contributed by atoms with E-state index in [2.05, 4.69) is 35.6 Å². The highest BCUT2D eigenvalue weighted by molar-refractivity contribution is 5.05. The molecule has 0 aliphatic carbocycles. The van der Waals surface area contributed by atoms with Gasteiger partial charge in [-0.25, -0.2) is 4.98 Å². The number of hydrogen-bond donors (Lipinski definition) is 1. The lowest BCUT2D eigenvalue weighted by atomic mass is 10.2. The van der Waals surface area contributed by atoms with Gasteiger partial charge in [0.15, 0.2) is 0 Å². The van der Waals surface area contributed by atoms with Crippen LogP contribution in [0.5, 0.6) is 0 Å². The summed E-state index contributed by atoms with van der Waals surface area (Å²) < 4.78 is 7.53. The molecule has 0 amide bonds. The van der Waals surface area contributed by atoms with Crippen LogP contribution in [0.15, 0.2) is 35.3 Å². The second kappa shape index (κ2) is 5.19. The Labute approximate surface area is 102 Å². The Morgan fingerprint density at radius 1 is 1.41 bits per heavy atom. The summed E-state index contributed by atoms with van der Waals surface area (Å²) in [7, 11) is 0. The maximum atomic E-state index is 5.36. The summed E-state index contributed by atoms with van der Waals surface area (Å²) in [5.41, 5.74) is 1.19. The molecule has 0 aromatic carbocycles. The van der Waals surface area contributed by atoms with Gasteiger partial charge in [-0.3, -0.25) is 0 Å². The number of furan rings is 1. The summed E-state index contributed by atoms with van der Waals surface area (Å²) in [5.74, 6) is 0.959. The normalized spacial score (nSPS) is 13.2. The summed E-state index contributed by atoms with van der Waals surface area (Å²) in [4.78, 5) is 4.18. The molecule has 2 aromatic heterocycles. The number of rotatable bonds is 5. The van der Waals surface area contributed by atoms with Crippen LogP contribution < -0.4 is 5.32 Å². The van der Waals surface area contributed by atoms with Crippen LogP contribution in [0.25, 0.3) is 0 Å². The first kappa shape index (κ1) is 11.9. The first-order chi connectivity index (χ1) is 8.18. The minimum Gasteiger partial charge on any atom is -0.468 e. The van der Waals surface area contributed by atoms with Crippen molar-refractivity contribution >= 4 is 0 Å². The Hall–Kier alpha value is -1.55. The molecule has 4 heteroatoms. The van der Waals surface area contributed by atoms with Gasteiger partial charge in [-0.05, 0) is 32.9 Å². The average Bonchev–Trinajstić information content (AvgIpc) is 2.96. The van der Waals surface area contributed by atoms with Crippen LogP contribution in [0.4, 0.5) is 0 Å². The van der Waals surface area contributed by atoms with Gasteiger partial charge < -0.3 is 14.3 Å². The van der Waals surface area contributed by atoms with Crippen LogP contribution in [0.2, 0.25) is 0 Å². The number of nitrogens with one attached hydrogen (secondary N) is 1. The third-order valence-corrected chi connectivity index (χ3v) is 2.86. The van der Waals surface area contributed by atoms with E-state index in [0.717, 1.165) is 12.3 Å². The van der Waals surface area contributed by atoms with Crippen molar-refractivity contribution in [2.24, 2.45) is 0 Å². The van der Waals surface area contributed by atoms with Gasteiger partial charge in [0, 0.05) is 18.8 Å². The maximum Gasteiger partial charge on any atom is 0.120 e. The van der Waals surface area contributed by atoms with E-state index in [0.29, 0.717) is 6.04 Å². The molecule has 4 nitrogen and oxygen atoms in total. The Morgan fingerprint density at radius 2 is 2.24 bits per heavy atom. The van der Waals surface area contributed by atoms with E-state index in [9.17, 15) is 0 Å². The zero-order valence-corrected chi connectivity index (χ0v) is 10.6. The largest absolute Gasteiger partial charge is 0.468 e. The van der Waals surface area contributed by atoms with Gasteiger partial charge in [0.05, 0.1) is 24.3 Å². The molecule has 0 radical (unpaired) electrons. The van der Waals surface area contributed by atoms with Crippen LogP contribution in [-0.2, 0) is 6.54 Å². The van der Waals surface area contributed by atoms with E-state index in [1.54, 1.807) is 6.26 Å². The van der Waals surface area contributed by atoms with E-state index < -0.39 is 0 Å². The molecular weight excluding hydrogens is 214 g/mol. The zero-order valence-electron chi connectivity index (χ0n) is 10.6. The minimum absolute atomic E-state index is 0.209. The van der Waals surface area contributed by atoms with E-state index in [1.807, 2.05) is 24.7 Å². The molecule has 0 spiro atoms. The molecule has 0 bridgehead atoms. The van der Waals surface area contributed by atoms with Crippen LogP contribution >= 0.6 is 0 Å².